The minimum absolute atomic E-state index is 0.0540. The second-order valence-corrected chi connectivity index (χ2v) is 15.6. The van der Waals surface area contributed by atoms with Crippen molar-refractivity contribution < 1.29 is 41.9 Å². The first kappa shape index (κ1) is 32.8. The first-order valence-corrected chi connectivity index (χ1v) is 18.1. The molecule has 3 aliphatic heterocycles. The van der Waals surface area contributed by atoms with Crippen LogP contribution in [0, 0.1) is 11.8 Å². The predicted molar refractivity (Wildman–Crippen MR) is 171 cm³/mol. The third kappa shape index (κ3) is 5.90. The van der Waals surface area contributed by atoms with Gasteiger partial charge in [-0.25, -0.2) is 4.39 Å². The third-order valence-electron chi connectivity index (χ3n) is 9.91. The number of pyridine rings is 1. The summed E-state index contributed by atoms with van der Waals surface area (Å²) in [6.07, 6.45) is 7.99. The zero-order chi connectivity index (χ0) is 34.0. The Morgan fingerprint density at radius 3 is 2.52 bits per heavy atom. The van der Waals surface area contributed by atoms with E-state index in [9.17, 15) is 27.7 Å². The molecule has 3 fully saturated rings. The van der Waals surface area contributed by atoms with E-state index >= 15 is 4.39 Å². The second-order valence-electron chi connectivity index (χ2n) is 12.9. The lowest BCUT2D eigenvalue weighted by Gasteiger charge is -2.42. The van der Waals surface area contributed by atoms with E-state index in [1.807, 2.05) is 17.0 Å². The molecule has 0 bridgehead atoms. The fourth-order valence-electron chi connectivity index (χ4n) is 7.30. The average Bonchev–Trinajstić information content (AvgIpc) is 3.76. The number of fused-ring (bicyclic) bond motifs is 3. The highest BCUT2D eigenvalue weighted by molar-refractivity contribution is 7.52. The molecule has 3 amide bonds. The predicted octanol–water partition coefficient (Wildman–Crippen LogP) is 3.92. The molecular weight excluding hydrogens is 670 g/mol. The van der Waals surface area contributed by atoms with E-state index < -0.39 is 60.8 Å². The topological polar surface area (TPSA) is 152 Å². The molecule has 48 heavy (non-hydrogen) atoms. The van der Waals surface area contributed by atoms with Crippen LogP contribution in [0.2, 0.25) is 0 Å². The molecule has 1 unspecified atom stereocenters. The maximum absolute atomic E-state index is 15.1. The standard InChI is InChI=1S/C32H33F3N5O6PS/c33-23-15-39(22-2-1-9-36-14-22)16-25(23)38-29(41)26-7-6-21-11-17-3-4-18(17)12-24(31(43)40(21)26)37-30(42)28-13-19-10-20(5-8-27(19)48-28)32(34,35)47(44,45)46/h1-5,8-10,13-14,17-18,21,23-26H,6-7,11-12,15-16H2,(H,37,42)(H,38,41)(H2,44,45,46)/t17-,18+,21+,23-,24-,25?,26-/m0/s1. The quantitative estimate of drug-likeness (QED) is 0.214. The molecule has 1 aliphatic carbocycles. The molecule has 0 radical (unpaired) electrons. The van der Waals surface area contributed by atoms with Gasteiger partial charge in [-0.15, -0.1) is 11.3 Å². The van der Waals surface area contributed by atoms with Crippen LogP contribution in [-0.2, 0) is 19.8 Å². The molecule has 11 nitrogen and oxygen atoms in total. The van der Waals surface area contributed by atoms with E-state index in [1.54, 1.807) is 23.4 Å². The van der Waals surface area contributed by atoms with Crippen LogP contribution in [0.1, 0.15) is 40.9 Å². The van der Waals surface area contributed by atoms with Gasteiger partial charge in [0, 0.05) is 29.0 Å². The summed E-state index contributed by atoms with van der Waals surface area (Å²) < 4.78 is 55.6. The van der Waals surface area contributed by atoms with Crippen LogP contribution in [-0.4, -0.2) is 80.8 Å². The van der Waals surface area contributed by atoms with Crippen molar-refractivity contribution in [3.8, 4) is 0 Å². The number of rotatable bonds is 7. The summed E-state index contributed by atoms with van der Waals surface area (Å²) in [5.41, 5.74) is -4.53. The smallest absolute Gasteiger partial charge is 0.365 e. The molecule has 254 valence electrons. The number of nitrogens with zero attached hydrogens (tertiary/aromatic N) is 3. The maximum Gasteiger partial charge on any atom is 0.399 e. The van der Waals surface area contributed by atoms with Crippen molar-refractivity contribution >= 4 is 52.4 Å². The third-order valence-corrected chi connectivity index (χ3v) is 12.0. The number of benzene rings is 1. The lowest BCUT2D eigenvalue weighted by Crippen LogP contribution is -2.59. The Kier molecular flexibility index (Phi) is 8.38. The Morgan fingerprint density at radius 2 is 1.81 bits per heavy atom. The number of thiophene rings is 1. The highest BCUT2D eigenvalue weighted by Gasteiger charge is 2.51. The van der Waals surface area contributed by atoms with Crippen LogP contribution in [0.3, 0.4) is 0 Å². The van der Waals surface area contributed by atoms with Crippen molar-refractivity contribution in [3.63, 3.8) is 0 Å². The second kappa shape index (κ2) is 12.3. The minimum Gasteiger partial charge on any atom is -0.365 e. The van der Waals surface area contributed by atoms with E-state index in [0.717, 1.165) is 29.2 Å². The Hall–Kier alpha value is -3.78. The average molecular weight is 704 g/mol. The van der Waals surface area contributed by atoms with Gasteiger partial charge in [0.2, 0.25) is 11.8 Å². The number of hydrogen-bond acceptors (Lipinski definition) is 7. The van der Waals surface area contributed by atoms with Crippen molar-refractivity contribution in [2.24, 2.45) is 11.8 Å². The summed E-state index contributed by atoms with van der Waals surface area (Å²) >= 11 is 0.991. The van der Waals surface area contributed by atoms with Gasteiger partial charge in [0.05, 0.1) is 29.3 Å². The normalized spacial score (nSPS) is 28.8. The van der Waals surface area contributed by atoms with E-state index in [2.05, 4.69) is 21.7 Å². The summed E-state index contributed by atoms with van der Waals surface area (Å²) in [7, 11) is -5.78. The van der Waals surface area contributed by atoms with Crippen LogP contribution in [0.5, 0.6) is 0 Å². The lowest BCUT2D eigenvalue weighted by molar-refractivity contribution is -0.143. The van der Waals surface area contributed by atoms with Crippen molar-refractivity contribution in [2.75, 3.05) is 18.0 Å². The number of carbonyl (C=O) groups excluding carboxylic acids is 3. The molecule has 7 rings (SSSR count). The first-order chi connectivity index (χ1) is 22.8. The maximum atomic E-state index is 15.1. The number of amides is 3. The molecule has 3 aromatic rings. The molecule has 3 saturated heterocycles. The molecule has 4 aliphatic rings. The number of anilines is 1. The molecule has 0 spiro atoms. The Balaban J connectivity index is 1.08. The number of alkyl halides is 3. The Morgan fingerprint density at radius 1 is 1.04 bits per heavy atom. The molecule has 7 atom stereocenters. The fourth-order valence-corrected chi connectivity index (χ4v) is 8.72. The SMILES string of the molecule is O=C(N[C@H]1C[C@H]2C=C[C@H]2C[C@H]2CC[C@@H](C(=O)NC3CN(c4cccnc4)C[C@@H]3F)N2C1=O)c1cc2cc(C(F)(F)P(=O)(O)O)ccc2s1. The fraction of sp³-hybridized carbons (Fsp3) is 0.438. The molecule has 16 heteroatoms. The number of allylic oxidation sites excluding steroid dienone is 2. The van der Waals surface area contributed by atoms with Gasteiger partial charge in [-0.1, -0.05) is 18.2 Å². The summed E-state index contributed by atoms with van der Waals surface area (Å²) in [4.78, 5) is 67.2. The van der Waals surface area contributed by atoms with E-state index in [-0.39, 0.29) is 41.2 Å². The van der Waals surface area contributed by atoms with Gasteiger partial charge in [0.15, 0.2) is 0 Å². The number of hydrogen-bond donors (Lipinski definition) is 4. The first-order valence-electron chi connectivity index (χ1n) is 15.7. The molecule has 0 saturated carbocycles. The van der Waals surface area contributed by atoms with Crippen LogP contribution < -0.4 is 15.5 Å². The van der Waals surface area contributed by atoms with E-state index in [1.165, 1.54) is 12.1 Å². The zero-order valence-corrected chi connectivity index (χ0v) is 27.1. The molecular formula is C32H33F3N5O6PS. The van der Waals surface area contributed by atoms with Gasteiger partial charge in [0.1, 0.15) is 18.3 Å². The summed E-state index contributed by atoms with van der Waals surface area (Å²) in [6.45, 7) is 0.352. The van der Waals surface area contributed by atoms with E-state index in [4.69, 9.17) is 9.79 Å². The van der Waals surface area contributed by atoms with Gasteiger partial charge in [-0.2, -0.15) is 8.78 Å². The van der Waals surface area contributed by atoms with Crippen LogP contribution >= 0.6 is 18.9 Å². The zero-order valence-electron chi connectivity index (χ0n) is 25.4. The molecule has 4 N–H and O–H groups in total. The monoisotopic (exact) mass is 703 g/mol. The Labute approximate surface area is 277 Å². The van der Waals surface area contributed by atoms with Gasteiger partial charge < -0.3 is 30.2 Å². The van der Waals surface area contributed by atoms with Gasteiger partial charge in [-0.3, -0.25) is 23.9 Å². The van der Waals surface area contributed by atoms with Crippen molar-refractivity contribution in [2.45, 2.75) is 61.7 Å². The van der Waals surface area contributed by atoms with Crippen LogP contribution in [0.25, 0.3) is 10.1 Å². The van der Waals surface area contributed by atoms with Crippen LogP contribution in [0.15, 0.2) is 60.9 Å². The largest absolute Gasteiger partial charge is 0.399 e. The molecule has 1 aromatic carbocycles. The Bertz CT molecular complexity index is 1840. The number of halogens is 3. The van der Waals surface area contributed by atoms with Gasteiger partial charge in [-0.05, 0) is 73.2 Å². The summed E-state index contributed by atoms with van der Waals surface area (Å²) in [5.74, 6) is -1.24. The van der Waals surface area contributed by atoms with Crippen molar-refractivity contribution in [1.29, 1.82) is 0 Å². The summed E-state index contributed by atoms with van der Waals surface area (Å²) in [6, 6.07) is 5.21. The number of nitrogens with one attached hydrogen (secondary N) is 2. The molecule has 2 aromatic heterocycles. The lowest BCUT2D eigenvalue weighted by atomic mass is 9.73. The van der Waals surface area contributed by atoms with Crippen molar-refractivity contribution in [1.82, 2.24) is 20.5 Å². The van der Waals surface area contributed by atoms with Gasteiger partial charge >= 0.3 is 13.3 Å². The number of aromatic nitrogens is 1. The van der Waals surface area contributed by atoms with Crippen LogP contribution in [0.4, 0.5) is 18.9 Å². The van der Waals surface area contributed by atoms with Gasteiger partial charge in [0.25, 0.3) is 5.91 Å². The van der Waals surface area contributed by atoms with E-state index in [0.29, 0.717) is 30.4 Å². The van der Waals surface area contributed by atoms with Crippen molar-refractivity contribution in [3.05, 3.63) is 71.4 Å². The molecule has 5 heterocycles. The highest BCUT2D eigenvalue weighted by atomic mass is 32.1. The number of carbonyl (C=O) groups is 3. The summed E-state index contributed by atoms with van der Waals surface area (Å²) in [5, 5.41) is 5.85. The minimum atomic E-state index is -5.78. The highest BCUT2D eigenvalue weighted by Crippen LogP contribution is 2.59.